The van der Waals surface area contributed by atoms with Crippen molar-refractivity contribution in [3.8, 4) is 16.5 Å². The van der Waals surface area contributed by atoms with Crippen molar-refractivity contribution in [3.63, 3.8) is 0 Å². The minimum atomic E-state index is 0.465. The summed E-state index contributed by atoms with van der Waals surface area (Å²) in [4.78, 5) is 9.01. The van der Waals surface area contributed by atoms with Gasteiger partial charge in [-0.15, -0.1) is 11.3 Å². The van der Waals surface area contributed by atoms with Crippen LogP contribution >= 0.6 is 22.9 Å². The zero-order chi connectivity index (χ0) is 14.3. The van der Waals surface area contributed by atoms with Gasteiger partial charge in [0.2, 0.25) is 0 Å². The Morgan fingerprint density at radius 2 is 2.10 bits per heavy atom. The molecule has 0 aliphatic carbocycles. The molecule has 2 N–H and O–H groups in total. The number of pyridine rings is 1. The van der Waals surface area contributed by atoms with Gasteiger partial charge in [0.05, 0.1) is 12.6 Å². The van der Waals surface area contributed by atoms with E-state index in [1.807, 2.05) is 24.4 Å². The largest absolute Gasteiger partial charge is 0.495 e. The molecule has 0 bridgehead atoms. The van der Waals surface area contributed by atoms with E-state index in [-0.39, 0.29) is 0 Å². The molecule has 0 amide bonds. The number of thiazole rings is 1. The second-order valence-electron chi connectivity index (χ2n) is 4.37. The lowest BCUT2D eigenvalue weighted by Gasteiger charge is -2.09. The lowest BCUT2D eigenvalue weighted by molar-refractivity contribution is 0.415. The van der Waals surface area contributed by atoms with E-state index in [0.29, 0.717) is 22.0 Å². The molecule has 0 aliphatic rings. The number of aromatic nitrogens is 2. The number of halogens is 1. The minimum absolute atomic E-state index is 0.465. The zero-order valence-electron chi connectivity index (χ0n) is 11.0. The molecule has 0 spiro atoms. The number of hydrogen-bond donors (Lipinski definition) is 1. The molecule has 0 atom stereocenters. The summed E-state index contributed by atoms with van der Waals surface area (Å²) in [6.07, 6.45) is 0. The van der Waals surface area contributed by atoms with Crippen LogP contribution in [-0.4, -0.2) is 17.1 Å². The summed E-state index contributed by atoms with van der Waals surface area (Å²) in [7, 11) is 1.57. The molecular weight excluding hydrogens is 294 g/mol. The number of nitrogen functional groups attached to an aromatic ring is 1. The Balaban J connectivity index is 2.29. The number of aryl methyl sites for hydroxylation is 1. The van der Waals surface area contributed by atoms with Crippen molar-refractivity contribution in [1.29, 1.82) is 0 Å². The fourth-order valence-electron chi connectivity index (χ4n) is 2.00. The molecule has 0 fully saturated rings. The molecule has 0 radical (unpaired) electrons. The number of hydrogen-bond acceptors (Lipinski definition) is 5. The van der Waals surface area contributed by atoms with E-state index >= 15 is 0 Å². The average Bonchev–Trinajstić information content (AvgIpc) is 2.86. The van der Waals surface area contributed by atoms with Crippen LogP contribution in [0.2, 0.25) is 5.02 Å². The minimum Gasteiger partial charge on any atom is -0.495 e. The fourth-order valence-corrected chi connectivity index (χ4v) is 3.05. The Bertz CT molecular complexity index is 800. The molecule has 0 aliphatic heterocycles. The van der Waals surface area contributed by atoms with Crippen LogP contribution in [-0.2, 0) is 0 Å². The molecule has 2 aromatic heterocycles. The highest BCUT2D eigenvalue weighted by atomic mass is 35.5. The molecule has 0 saturated heterocycles. The van der Waals surface area contributed by atoms with Gasteiger partial charge in [-0.05, 0) is 25.1 Å². The first kappa shape index (κ1) is 13.1. The number of rotatable bonds is 2. The Hall–Kier alpha value is -1.85. The number of methoxy groups -OCH3 is 1. The number of nitrogens with zero attached hydrogens (tertiary/aromatic N) is 2. The molecule has 0 unspecified atom stereocenters. The van der Waals surface area contributed by atoms with Gasteiger partial charge in [-0.3, -0.25) is 0 Å². The monoisotopic (exact) mass is 305 g/mol. The molecule has 6 heteroatoms. The third-order valence-electron chi connectivity index (χ3n) is 2.97. The van der Waals surface area contributed by atoms with E-state index in [1.54, 1.807) is 13.2 Å². The number of fused-ring (bicyclic) bond motifs is 1. The van der Waals surface area contributed by atoms with Crippen molar-refractivity contribution in [2.24, 2.45) is 0 Å². The number of nitrogens with two attached hydrogens (primary N) is 1. The highest BCUT2D eigenvalue weighted by molar-refractivity contribution is 7.13. The van der Waals surface area contributed by atoms with Gasteiger partial charge >= 0.3 is 0 Å². The first-order valence-corrected chi connectivity index (χ1v) is 7.21. The lowest BCUT2D eigenvalue weighted by atomic mass is 10.1. The van der Waals surface area contributed by atoms with E-state index in [2.05, 4.69) is 9.97 Å². The summed E-state index contributed by atoms with van der Waals surface area (Å²) in [5, 5.41) is 4.08. The lowest BCUT2D eigenvalue weighted by Crippen LogP contribution is -1.95. The van der Waals surface area contributed by atoms with Crippen LogP contribution in [0, 0.1) is 6.92 Å². The first-order valence-electron chi connectivity index (χ1n) is 5.95. The van der Waals surface area contributed by atoms with Gasteiger partial charge in [-0.2, -0.15) is 0 Å². The molecule has 1 aromatic carbocycles. The summed E-state index contributed by atoms with van der Waals surface area (Å²) in [6.45, 7) is 1.94. The predicted molar refractivity (Wildman–Crippen MR) is 83.6 cm³/mol. The van der Waals surface area contributed by atoms with Gasteiger partial charge in [0, 0.05) is 22.1 Å². The van der Waals surface area contributed by atoms with E-state index in [4.69, 9.17) is 22.1 Å². The van der Waals surface area contributed by atoms with Gasteiger partial charge in [0.25, 0.3) is 0 Å². The van der Waals surface area contributed by atoms with Gasteiger partial charge < -0.3 is 10.5 Å². The fraction of sp³-hybridized carbons (Fsp3) is 0.143. The Morgan fingerprint density at radius 3 is 2.75 bits per heavy atom. The summed E-state index contributed by atoms with van der Waals surface area (Å²) >= 11 is 7.85. The summed E-state index contributed by atoms with van der Waals surface area (Å²) in [5.41, 5.74) is 9.05. The van der Waals surface area contributed by atoms with Gasteiger partial charge in [0.15, 0.2) is 0 Å². The van der Waals surface area contributed by atoms with Crippen LogP contribution in [0.15, 0.2) is 23.6 Å². The third-order valence-corrected chi connectivity index (χ3v) is 4.32. The second-order valence-corrected chi connectivity index (χ2v) is 5.60. The molecule has 20 heavy (non-hydrogen) atoms. The van der Waals surface area contributed by atoms with Crippen LogP contribution in [0.4, 0.5) is 5.69 Å². The van der Waals surface area contributed by atoms with Crippen LogP contribution < -0.4 is 10.5 Å². The van der Waals surface area contributed by atoms with Crippen LogP contribution in [0.25, 0.3) is 21.6 Å². The van der Waals surface area contributed by atoms with Gasteiger partial charge in [0.1, 0.15) is 21.5 Å². The normalized spacial score (nSPS) is 10.9. The van der Waals surface area contributed by atoms with E-state index < -0.39 is 0 Å². The quantitative estimate of drug-likeness (QED) is 0.779. The molecule has 2 heterocycles. The van der Waals surface area contributed by atoms with E-state index in [1.165, 1.54) is 11.3 Å². The maximum Gasteiger partial charge on any atom is 0.142 e. The van der Waals surface area contributed by atoms with Crippen molar-refractivity contribution >= 4 is 39.5 Å². The molecule has 0 saturated carbocycles. The first-order chi connectivity index (χ1) is 9.60. The Kier molecular flexibility index (Phi) is 3.23. The molecule has 4 nitrogen and oxygen atoms in total. The van der Waals surface area contributed by atoms with Crippen molar-refractivity contribution < 1.29 is 4.74 Å². The second kappa shape index (κ2) is 4.92. The van der Waals surface area contributed by atoms with Crippen LogP contribution in [0.5, 0.6) is 5.75 Å². The van der Waals surface area contributed by atoms with Crippen LogP contribution in [0.1, 0.15) is 5.69 Å². The molecular formula is C14H12ClN3OS. The summed E-state index contributed by atoms with van der Waals surface area (Å²) in [6, 6.07) is 5.47. The highest BCUT2D eigenvalue weighted by Gasteiger charge is 2.13. The summed E-state index contributed by atoms with van der Waals surface area (Å²) < 4.78 is 5.22. The standard InChI is InChI=1S/C14H12ClN3OS/c1-7-6-20-14(17-7)10-5-9(16)8-3-4-11(19-2)12(15)13(8)18-10/h3-6H,1-2H3,(H2,16,18). The third kappa shape index (κ3) is 2.09. The molecule has 3 aromatic rings. The van der Waals surface area contributed by atoms with Crippen molar-refractivity contribution in [3.05, 3.63) is 34.3 Å². The van der Waals surface area contributed by atoms with E-state index in [9.17, 15) is 0 Å². The maximum atomic E-state index is 6.32. The predicted octanol–water partition coefficient (Wildman–Crippen LogP) is 3.91. The summed E-state index contributed by atoms with van der Waals surface area (Å²) in [5.74, 6) is 0.582. The van der Waals surface area contributed by atoms with Crippen molar-refractivity contribution in [1.82, 2.24) is 9.97 Å². The molecule has 3 rings (SSSR count). The maximum absolute atomic E-state index is 6.32. The number of anilines is 1. The van der Waals surface area contributed by atoms with Crippen molar-refractivity contribution in [2.45, 2.75) is 6.92 Å². The zero-order valence-corrected chi connectivity index (χ0v) is 12.5. The Morgan fingerprint density at radius 1 is 1.30 bits per heavy atom. The average molecular weight is 306 g/mol. The SMILES string of the molecule is COc1ccc2c(N)cc(-c3nc(C)cs3)nc2c1Cl. The van der Waals surface area contributed by atoms with Crippen LogP contribution in [0.3, 0.4) is 0 Å². The molecule has 102 valence electrons. The number of benzene rings is 1. The van der Waals surface area contributed by atoms with Crippen molar-refractivity contribution in [2.75, 3.05) is 12.8 Å². The Labute approximate surface area is 125 Å². The van der Waals surface area contributed by atoms with E-state index in [0.717, 1.165) is 21.8 Å². The van der Waals surface area contributed by atoms with Gasteiger partial charge in [-0.1, -0.05) is 11.6 Å². The topological polar surface area (TPSA) is 61.0 Å². The number of ether oxygens (including phenoxy) is 1. The highest BCUT2D eigenvalue weighted by Crippen LogP contribution is 2.36. The smallest absolute Gasteiger partial charge is 0.142 e. The van der Waals surface area contributed by atoms with Gasteiger partial charge in [-0.25, -0.2) is 9.97 Å².